The summed E-state index contributed by atoms with van der Waals surface area (Å²) in [6, 6.07) is 5.70. The molecule has 8 nitrogen and oxygen atoms in total. The summed E-state index contributed by atoms with van der Waals surface area (Å²) in [4.78, 5) is 0. The Hall–Kier alpha value is -1.42. The van der Waals surface area contributed by atoms with Crippen LogP contribution in [0, 0.1) is 0 Å². The van der Waals surface area contributed by atoms with E-state index in [-0.39, 0.29) is 0 Å². The van der Waals surface area contributed by atoms with Crippen molar-refractivity contribution in [3.63, 3.8) is 0 Å². The van der Waals surface area contributed by atoms with Crippen molar-refractivity contribution >= 4 is 0 Å². The van der Waals surface area contributed by atoms with Gasteiger partial charge in [-0.2, -0.15) is 0 Å². The van der Waals surface area contributed by atoms with Gasteiger partial charge in [0.2, 0.25) is 0 Å². The molecule has 0 amide bonds. The Kier molecular flexibility index (Phi) is 10.3. The standard InChI is InChI=1S/C18H30N2O6/c19-18(20)14-15-1-2-16-17(13-15)26-12-10-24-8-6-22-4-3-21-5-7-23-9-11-25-16/h1-2,13,18H,3-12,14,19-20H2. The van der Waals surface area contributed by atoms with E-state index in [1.165, 1.54) is 0 Å². The first kappa shape index (κ1) is 20.9. The van der Waals surface area contributed by atoms with Crippen molar-refractivity contribution in [1.82, 2.24) is 0 Å². The molecule has 0 aliphatic carbocycles. The monoisotopic (exact) mass is 370 g/mol. The highest BCUT2D eigenvalue weighted by Gasteiger charge is 2.09. The van der Waals surface area contributed by atoms with Gasteiger partial charge in [-0.15, -0.1) is 0 Å². The van der Waals surface area contributed by atoms with Crippen LogP contribution >= 0.6 is 0 Å². The second kappa shape index (κ2) is 12.9. The minimum atomic E-state index is -0.410. The molecule has 1 aromatic rings. The highest BCUT2D eigenvalue weighted by molar-refractivity contribution is 5.43. The van der Waals surface area contributed by atoms with Crippen molar-refractivity contribution < 1.29 is 28.4 Å². The fraction of sp³-hybridized carbons (Fsp3) is 0.667. The van der Waals surface area contributed by atoms with Crippen LogP contribution in [0.15, 0.2) is 18.2 Å². The van der Waals surface area contributed by atoms with Gasteiger partial charge in [-0.25, -0.2) is 0 Å². The predicted molar refractivity (Wildman–Crippen MR) is 96.6 cm³/mol. The van der Waals surface area contributed by atoms with E-state index in [1.807, 2.05) is 18.2 Å². The molecule has 1 aromatic carbocycles. The van der Waals surface area contributed by atoms with Gasteiger partial charge in [0.05, 0.1) is 59.0 Å². The maximum Gasteiger partial charge on any atom is 0.161 e. The van der Waals surface area contributed by atoms with Crippen molar-refractivity contribution in [2.24, 2.45) is 11.5 Å². The molecule has 1 aliphatic heterocycles. The van der Waals surface area contributed by atoms with Crippen molar-refractivity contribution in [2.75, 3.05) is 66.1 Å². The number of hydrogen-bond acceptors (Lipinski definition) is 8. The molecule has 0 aromatic heterocycles. The third kappa shape index (κ3) is 8.79. The van der Waals surface area contributed by atoms with Crippen LogP contribution in [0.5, 0.6) is 11.5 Å². The Morgan fingerprint density at radius 2 is 1.12 bits per heavy atom. The molecule has 0 unspecified atom stereocenters. The van der Waals surface area contributed by atoms with Crippen LogP contribution in [0.2, 0.25) is 0 Å². The zero-order chi connectivity index (χ0) is 18.5. The maximum atomic E-state index is 5.82. The van der Waals surface area contributed by atoms with Gasteiger partial charge in [-0.1, -0.05) is 6.07 Å². The molecular formula is C18H30N2O6. The molecule has 2 rings (SSSR count). The summed E-state index contributed by atoms with van der Waals surface area (Å²) in [5.41, 5.74) is 12.3. The highest BCUT2D eigenvalue weighted by atomic mass is 16.6. The Bertz CT molecular complexity index is 501. The number of hydrogen-bond donors (Lipinski definition) is 2. The van der Waals surface area contributed by atoms with Gasteiger partial charge in [-0.05, 0) is 17.7 Å². The predicted octanol–water partition coefficient (Wildman–Crippen LogP) is 0.310. The van der Waals surface area contributed by atoms with Crippen LogP contribution in [-0.4, -0.2) is 72.2 Å². The zero-order valence-electron chi connectivity index (χ0n) is 15.2. The normalized spacial score (nSPS) is 18.9. The molecule has 0 bridgehead atoms. The minimum Gasteiger partial charge on any atom is -0.487 e. The quantitative estimate of drug-likeness (QED) is 0.716. The van der Waals surface area contributed by atoms with Gasteiger partial charge >= 0.3 is 0 Å². The first-order chi connectivity index (χ1) is 12.8. The molecule has 148 valence electrons. The molecule has 0 saturated carbocycles. The van der Waals surface area contributed by atoms with E-state index in [4.69, 9.17) is 39.9 Å². The van der Waals surface area contributed by atoms with Crippen molar-refractivity contribution in [2.45, 2.75) is 12.6 Å². The van der Waals surface area contributed by atoms with Crippen molar-refractivity contribution in [3.8, 4) is 11.5 Å². The number of fused-ring (bicyclic) bond motifs is 1. The Labute approximate surface area is 154 Å². The van der Waals surface area contributed by atoms with E-state index in [0.717, 1.165) is 5.56 Å². The average molecular weight is 370 g/mol. The summed E-state index contributed by atoms with van der Waals surface area (Å²) < 4.78 is 33.4. The molecule has 26 heavy (non-hydrogen) atoms. The number of benzene rings is 1. The molecule has 0 fully saturated rings. The van der Waals surface area contributed by atoms with Crippen molar-refractivity contribution in [3.05, 3.63) is 23.8 Å². The van der Waals surface area contributed by atoms with Crippen LogP contribution in [-0.2, 0) is 25.4 Å². The SMILES string of the molecule is NC(N)Cc1ccc2c(c1)OCCOCCOCCOCCOCCO2. The molecule has 0 atom stereocenters. The molecule has 0 spiro atoms. The Balaban J connectivity index is 1.92. The van der Waals surface area contributed by atoms with Gasteiger partial charge < -0.3 is 39.9 Å². The first-order valence-electron chi connectivity index (χ1n) is 8.96. The van der Waals surface area contributed by atoms with Crippen LogP contribution < -0.4 is 20.9 Å². The van der Waals surface area contributed by atoms with E-state index >= 15 is 0 Å². The van der Waals surface area contributed by atoms with Crippen molar-refractivity contribution in [1.29, 1.82) is 0 Å². The van der Waals surface area contributed by atoms with Crippen LogP contribution in [0.3, 0.4) is 0 Å². The average Bonchev–Trinajstić information content (AvgIpc) is 2.61. The lowest BCUT2D eigenvalue weighted by Crippen LogP contribution is -2.32. The Morgan fingerprint density at radius 3 is 1.62 bits per heavy atom. The first-order valence-corrected chi connectivity index (χ1v) is 8.96. The summed E-state index contributed by atoms with van der Waals surface area (Å²) in [6.45, 7) is 4.94. The molecule has 0 saturated heterocycles. The summed E-state index contributed by atoms with van der Waals surface area (Å²) in [5, 5.41) is 0. The lowest BCUT2D eigenvalue weighted by Gasteiger charge is -2.15. The van der Waals surface area contributed by atoms with E-state index in [1.54, 1.807) is 0 Å². The third-order valence-corrected chi connectivity index (χ3v) is 3.57. The van der Waals surface area contributed by atoms with Gasteiger partial charge in [-0.3, -0.25) is 0 Å². The fourth-order valence-corrected chi connectivity index (χ4v) is 2.37. The summed E-state index contributed by atoms with van der Waals surface area (Å²) in [5.74, 6) is 1.30. The third-order valence-electron chi connectivity index (χ3n) is 3.57. The summed E-state index contributed by atoms with van der Waals surface area (Å²) in [6.07, 6.45) is 0.153. The lowest BCUT2D eigenvalue weighted by molar-refractivity contribution is -0.00842. The van der Waals surface area contributed by atoms with E-state index in [0.29, 0.717) is 84.0 Å². The number of nitrogens with two attached hydrogens (primary N) is 2. The zero-order valence-corrected chi connectivity index (χ0v) is 15.2. The van der Waals surface area contributed by atoms with Gasteiger partial charge in [0.25, 0.3) is 0 Å². The second-order valence-electron chi connectivity index (χ2n) is 5.80. The Morgan fingerprint density at radius 1 is 0.654 bits per heavy atom. The lowest BCUT2D eigenvalue weighted by atomic mass is 10.1. The molecular weight excluding hydrogens is 340 g/mol. The summed E-state index contributed by atoms with van der Waals surface area (Å²) >= 11 is 0. The molecule has 8 heteroatoms. The highest BCUT2D eigenvalue weighted by Crippen LogP contribution is 2.28. The molecule has 0 radical (unpaired) electrons. The van der Waals surface area contributed by atoms with E-state index < -0.39 is 6.17 Å². The molecule has 1 heterocycles. The second-order valence-corrected chi connectivity index (χ2v) is 5.80. The largest absolute Gasteiger partial charge is 0.487 e. The van der Waals surface area contributed by atoms with E-state index in [9.17, 15) is 0 Å². The molecule has 1 aliphatic rings. The van der Waals surface area contributed by atoms with Crippen LogP contribution in [0.25, 0.3) is 0 Å². The van der Waals surface area contributed by atoms with Gasteiger partial charge in [0, 0.05) is 6.42 Å². The van der Waals surface area contributed by atoms with Crippen LogP contribution in [0.1, 0.15) is 5.56 Å². The number of rotatable bonds is 2. The van der Waals surface area contributed by atoms with Gasteiger partial charge in [0.15, 0.2) is 11.5 Å². The smallest absolute Gasteiger partial charge is 0.161 e. The van der Waals surface area contributed by atoms with Gasteiger partial charge in [0.1, 0.15) is 13.2 Å². The number of ether oxygens (including phenoxy) is 6. The topological polar surface area (TPSA) is 107 Å². The van der Waals surface area contributed by atoms with Crippen LogP contribution in [0.4, 0.5) is 0 Å². The maximum absolute atomic E-state index is 5.82. The molecule has 4 N–H and O–H groups in total. The minimum absolute atomic E-state index is 0.410. The van der Waals surface area contributed by atoms with E-state index in [2.05, 4.69) is 0 Å². The summed E-state index contributed by atoms with van der Waals surface area (Å²) in [7, 11) is 0. The fourth-order valence-electron chi connectivity index (χ4n) is 2.37.